The van der Waals surface area contributed by atoms with Gasteiger partial charge in [0.25, 0.3) is 0 Å². The summed E-state index contributed by atoms with van der Waals surface area (Å²) >= 11 is 0. The zero-order chi connectivity index (χ0) is 26.3. The summed E-state index contributed by atoms with van der Waals surface area (Å²) in [6, 6.07) is 25.6. The number of amides is 2. The topological polar surface area (TPSA) is 94.6 Å². The number of hydrogen-bond donors (Lipinski definition) is 2. The molecule has 190 valence electrons. The summed E-state index contributed by atoms with van der Waals surface area (Å²) < 4.78 is 32.1. The molecule has 0 aliphatic carbocycles. The lowest BCUT2D eigenvalue weighted by Gasteiger charge is -2.14. The minimum atomic E-state index is -0.668. The molecule has 0 aliphatic rings. The van der Waals surface area contributed by atoms with Gasteiger partial charge in [0.05, 0.1) is 23.7 Å². The number of nitrogens with one attached hydrogen (secondary N) is 2. The number of methoxy groups -OCH3 is 1. The van der Waals surface area contributed by atoms with Crippen molar-refractivity contribution in [3.63, 3.8) is 0 Å². The fourth-order valence-corrected chi connectivity index (χ4v) is 3.71. The van der Waals surface area contributed by atoms with E-state index in [4.69, 9.17) is 14.2 Å². The maximum Gasteiger partial charge on any atom is 0.323 e. The number of anilines is 2. The average molecular weight is 511 g/mol. The SMILES string of the molecule is COc1cc2c(Oc3ccc(NC(=O)Nc4ccccc4)c(F)c3)ncnc2cc1OCc1ccccc1. The third-order valence-electron chi connectivity index (χ3n) is 5.56. The third-order valence-corrected chi connectivity index (χ3v) is 5.56. The van der Waals surface area contributed by atoms with Gasteiger partial charge in [-0.15, -0.1) is 0 Å². The fraction of sp³-hybridized carbons (Fsp3) is 0.0690. The molecule has 38 heavy (non-hydrogen) atoms. The van der Waals surface area contributed by atoms with Gasteiger partial charge >= 0.3 is 6.03 Å². The molecular formula is C29H23FN4O4. The van der Waals surface area contributed by atoms with E-state index < -0.39 is 11.8 Å². The van der Waals surface area contributed by atoms with Crippen LogP contribution in [0.15, 0.2) is 97.3 Å². The van der Waals surface area contributed by atoms with Gasteiger partial charge in [-0.2, -0.15) is 0 Å². The highest BCUT2D eigenvalue weighted by molar-refractivity contribution is 5.99. The van der Waals surface area contributed by atoms with Gasteiger partial charge in [0.1, 0.15) is 24.5 Å². The monoisotopic (exact) mass is 510 g/mol. The number of ether oxygens (including phenoxy) is 3. The zero-order valence-corrected chi connectivity index (χ0v) is 20.4. The number of carbonyl (C=O) groups excluding carboxylic acids is 1. The second-order valence-electron chi connectivity index (χ2n) is 8.16. The highest BCUT2D eigenvalue weighted by atomic mass is 19.1. The molecule has 2 N–H and O–H groups in total. The van der Waals surface area contributed by atoms with Crippen LogP contribution >= 0.6 is 0 Å². The van der Waals surface area contributed by atoms with Crippen LogP contribution in [0.1, 0.15) is 5.56 Å². The molecule has 5 rings (SSSR count). The molecule has 0 aliphatic heterocycles. The first kappa shape index (κ1) is 24.5. The predicted octanol–water partition coefficient (Wildman–Crippen LogP) is 6.79. The van der Waals surface area contributed by atoms with E-state index in [9.17, 15) is 9.18 Å². The molecule has 0 radical (unpaired) electrons. The molecule has 5 aromatic rings. The summed E-state index contributed by atoms with van der Waals surface area (Å²) in [6.07, 6.45) is 1.35. The van der Waals surface area contributed by atoms with Crippen molar-refractivity contribution >= 4 is 28.3 Å². The molecule has 0 saturated heterocycles. The molecule has 0 spiro atoms. The Morgan fingerprint density at radius 3 is 2.37 bits per heavy atom. The van der Waals surface area contributed by atoms with Crippen LogP contribution in [0.2, 0.25) is 0 Å². The predicted molar refractivity (Wildman–Crippen MR) is 142 cm³/mol. The lowest BCUT2D eigenvalue weighted by molar-refractivity contribution is 0.262. The summed E-state index contributed by atoms with van der Waals surface area (Å²) in [5.74, 6) is 0.731. The van der Waals surface area contributed by atoms with Crippen molar-refractivity contribution in [3.05, 3.63) is 109 Å². The first-order valence-corrected chi connectivity index (χ1v) is 11.7. The van der Waals surface area contributed by atoms with Gasteiger partial charge in [-0.3, -0.25) is 0 Å². The average Bonchev–Trinajstić information content (AvgIpc) is 2.94. The second kappa shape index (κ2) is 11.3. The summed E-state index contributed by atoms with van der Waals surface area (Å²) in [5.41, 5.74) is 2.17. The van der Waals surface area contributed by atoms with E-state index in [1.165, 1.54) is 31.6 Å². The van der Waals surface area contributed by atoms with Crippen LogP contribution in [0.4, 0.5) is 20.6 Å². The highest BCUT2D eigenvalue weighted by Crippen LogP contribution is 2.36. The van der Waals surface area contributed by atoms with Crippen molar-refractivity contribution in [3.8, 4) is 23.1 Å². The lowest BCUT2D eigenvalue weighted by atomic mass is 10.2. The first-order valence-electron chi connectivity index (χ1n) is 11.7. The largest absolute Gasteiger partial charge is 0.493 e. The Bertz CT molecular complexity index is 1570. The van der Waals surface area contributed by atoms with E-state index in [1.54, 1.807) is 36.4 Å². The van der Waals surface area contributed by atoms with E-state index in [0.29, 0.717) is 34.7 Å². The maximum atomic E-state index is 14.8. The van der Waals surface area contributed by atoms with Crippen LogP contribution in [-0.4, -0.2) is 23.1 Å². The van der Waals surface area contributed by atoms with Crippen molar-refractivity contribution in [1.82, 2.24) is 9.97 Å². The highest BCUT2D eigenvalue weighted by Gasteiger charge is 2.15. The van der Waals surface area contributed by atoms with E-state index in [-0.39, 0.29) is 17.3 Å². The van der Waals surface area contributed by atoms with Gasteiger partial charge in [0.15, 0.2) is 11.5 Å². The van der Waals surface area contributed by atoms with Crippen LogP contribution in [0, 0.1) is 5.82 Å². The van der Waals surface area contributed by atoms with Crippen LogP contribution in [0.5, 0.6) is 23.1 Å². The Morgan fingerprint density at radius 1 is 0.868 bits per heavy atom. The number of carbonyl (C=O) groups is 1. The van der Waals surface area contributed by atoms with Crippen molar-refractivity contribution in [2.24, 2.45) is 0 Å². The standard InChI is InChI=1S/C29H23FN4O4/c1-36-26-15-22-25(16-27(26)37-17-19-8-4-2-5-9-19)31-18-32-28(22)38-21-12-13-24(23(30)14-21)34-29(35)33-20-10-6-3-7-11-20/h2-16,18H,17H2,1H3,(H2,33,34,35). The molecule has 0 unspecified atom stereocenters. The number of para-hydroxylation sites is 1. The summed E-state index contributed by atoms with van der Waals surface area (Å²) in [7, 11) is 1.54. The number of nitrogens with zero attached hydrogens (tertiary/aromatic N) is 2. The number of hydrogen-bond acceptors (Lipinski definition) is 6. The van der Waals surface area contributed by atoms with Crippen LogP contribution in [0.3, 0.4) is 0 Å². The van der Waals surface area contributed by atoms with Gasteiger partial charge in [-0.05, 0) is 35.9 Å². The third kappa shape index (κ3) is 5.79. The maximum absolute atomic E-state index is 14.8. The molecular weight excluding hydrogens is 487 g/mol. The molecule has 1 heterocycles. The normalized spacial score (nSPS) is 10.6. The van der Waals surface area contributed by atoms with E-state index in [1.807, 2.05) is 36.4 Å². The van der Waals surface area contributed by atoms with Gasteiger partial charge in [0, 0.05) is 17.8 Å². The van der Waals surface area contributed by atoms with E-state index in [2.05, 4.69) is 20.6 Å². The number of aromatic nitrogens is 2. The molecule has 0 saturated carbocycles. The summed E-state index contributed by atoms with van der Waals surface area (Å²) in [6.45, 7) is 0.361. The first-order chi connectivity index (χ1) is 18.6. The number of fused-ring (bicyclic) bond motifs is 1. The Kier molecular flexibility index (Phi) is 7.26. The molecule has 0 atom stereocenters. The lowest BCUT2D eigenvalue weighted by Crippen LogP contribution is -2.20. The van der Waals surface area contributed by atoms with Gasteiger partial charge in [0.2, 0.25) is 5.88 Å². The molecule has 2 amide bonds. The van der Waals surface area contributed by atoms with Crippen molar-refractivity contribution in [1.29, 1.82) is 0 Å². The molecule has 0 fully saturated rings. The number of urea groups is 1. The Labute approximate surface area is 218 Å². The molecule has 0 bridgehead atoms. The Balaban J connectivity index is 1.32. The number of benzene rings is 4. The number of rotatable bonds is 8. The van der Waals surface area contributed by atoms with E-state index >= 15 is 0 Å². The van der Waals surface area contributed by atoms with Crippen molar-refractivity contribution < 1.29 is 23.4 Å². The molecule has 1 aromatic heterocycles. The Hall–Kier alpha value is -5.18. The molecule has 8 nitrogen and oxygen atoms in total. The second-order valence-corrected chi connectivity index (χ2v) is 8.16. The Morgan fingerprint density at radius 2 is 1.63 bits per heavy atom. The molecule has 9 heteroatoms. The van der Waals surface area contributed by atoms with Gasteiger partial charge in [-0.1, -0.05) is 48.5 Å². The quantitative estimate of drug-likeness (QED) is 0.239. The van der Waals surface area contributed by atoms with E-state index in [0.717, 1.165) is 5.56 Å². The fourth-order valence-electron chi connectivity index (χ4n) is 3.71. The number of halogens is 1. The van der Waals surface area contributed by atoms with Gasteiger partial charge < -0.3 is 24.8 Å². The van der Waals surface area contributed by atoms with Gasteiger partial charge in [-0.25, -0.2) is 19.2 Å². The zero-order valence-electron chi connectivity index (χ0n) is 20.4. The smallest absolute Gasteiger partial charge is 0.323 e. The van der Waals surface area contributed by atoms with Crippen LogP contribution in [0.25, 0.3) is 10.9 Å². The summed E-state index contributed by atoms with van der Waals surface area (Å²) in [4.78, 5) is 20.7. The van der Waals surface area contributed by atoms with Crippen molar-refractivity contribution in [2.45, 2.75) is 6.61 Å². The molecule has 4 aromatic carbocycles. The van der Waals surface area contributed by atoms with Crippen molar-refractivity contribution in [2.75, 3.05) is 17.7 Å². The van der Waals surface area contributed by atoms with Crippen LogP contribution in [-0.2, 0) is 6.61 Å². The minimum absolute atomic E-state index is 0.000188. The summed E-state index contributed by atoms with van der Waals surface area (Å²) in [5, 5.41) is 5.68. The van der Waals surface area contributed by atoms with Crippen LogP contribution < -0.4 is 24.8 Å². The minimum Gasteiger partial charge on any atom is -0.493 e.